The number of aliphatic hydroxyl groups is 1. The smallest absolute Gasteiger partial charge is 0.119 e. The summed E-state index contributed by atoms with van der Waals surface area (Å²) in [5.41, 5.74) is 0.556. The SMILES string of the molecule is CC1(COc2cccc(C3(O)CC3)c2)COC1. The maximum Gasteiger partial charge on any atom is 0.119 e. The Hall–Kier alpha value is -1.06. The Labute approximate surface area is 101 Å². The summed E-state index contributed by atoms with van der Waals surface area (Å²) in [5, 5.41) is 10.0. The van der Waals surface area contributed by atoms with Gasteiger partial charge in [0.25, 0.3) is 0 Å². The lowest BCUT2D eigenvalue weighted by Crippen LogP contribution is -2.44. The predicted octanol–water partition coefficient (Wildman–Crippen LogP) is 2.08. The van der Waals surface area contributed by atoms with E-state index in [0.29, 0.717) is 6.61 Å². The first-order valence-corrected chi connectivity index (χ1v) is 6.13. The van der Waals surface area contributed by atoms with Crippen LogP contribution in [0.2, 0.25) is 0 Å². The third-order valence-electron chi connectivity index (χ3n) is 3.58. The third kappa shape index (κ3) is 2.17. The molecule has 3 rings (SSSR count). The van der Waals surface area contributed by atoms with E-state index in [0.717, 1.165) is 37.4 Å². The zero-order valence-electron chi connectivity index (χ0n) is 10.1. The second-order valence-corrected chi connectivity index (χ2v) is 5.65. The quantitative estimate of drug-likeness (QED) is 0.867. The molecule has 3 heteroatoms. The maximum atomic E-state index is 10.0. The first-order valence-electron chi connectivity index (χ1n) is 6.13. The average molecular weight is 234 g/mol. The molecule has 1 aliphatic carbocycles. The first kappa shape index (κ1) is 11.1. The molecule has 0 spiro atoms. The molecule has 92 valence electrons. The largest absolute Gasteiger partial charge is 0.493 e. The normalized spacial score (nSPS) is 23.9. The van der Waals surface area contributed by atoms with Gasteiger partial charge in [-0.3, -0.25) is 0 Å². The highest BCUT2D eigenvalue weighted by molar-refractivity contribution is 5.35. The standard InChI is InChI=1S/C14H18O3/c1-13(8-16-9-13)10-17-12-4-2-3-11(7-12)14(15)5-6-14/h2-4,7,15H,5-6,8-10H2,1H3. The molecule has 0 bridgehead atoms. The molecular weight excluding hydrogens is 216 g/mol. The van der Waals surface area contributed by atoms with Crippen molar-refractivity contribution in [2.75, 3.05) is 19.8 Å². The van der Waals surface area contributed by atoms with E-state index in [1.165, 1.54) is 0 Å². The Kier molecular flexibility index (Phi) is 2.42. The lowest BCUT2D eigenvalue weighted by Gasteiger charge is -2.37. The van der Waals surface area contributed by atoms with Crippen LogP contribution in [-0.4, -0.2) is 24.9 Å². The topological polar surface area (TPSA) is 38.7 Å². The minimum absolute atomic E-state index is 0.159. The van der Waals surface area contributed by atoms with E-state index < -0.39 is 5.60 Å². The van der Waals surface area contributed by atoms with E-state index in [2.05, 4.69) is 6.92 Å². The van der Waals surface area contributed by atoms with Crippen molar-refractivity contribution < 1.29 is 14.6 Å². The third-order valence-corrected chi connectivity index (χ3v) is 3.58. The molecule has 1 heterocycles. The second kappa shape index (κ2) is 3.72. The Morgan fingerprint density at radius 1 is 1.35 bits per heavy atom. The number of rotatable bonds is 4. The van der Waals surface area contributed by atoms with Crippen molar-refractivity contribution >= 4 is 0 Å². The minimum Gasteiger partial charge on any atom is -0.493 e. The van der Waals surface area contributed by atoms with Crippen LogP contribution < -0.4 is 4.74 Å². The van der Waals surface area contributed by atoms with Crippen LogP contribution in [0.5, 0.6) is 5.75 Å². The fourth-order valence-corrected chi connectivity index (χ4v) is 2.07. The van der Waals surface area contributed by atoms with Crippen LogP contribution in [0.3, 0.4) is 0 Å². The van der Waals surface area contributed by atoms with Crippen molar-refractivity contribution in [3.05, 3.63) is 29.8 Å². The molecule has 1 aliphatic heterocycles. The number of hydrogen-bond donors (Lipinski definition) is 1. The first-order chi connectivity index (χ1) is 8.10. The average Bonchev–Trinajstić information content (AvgIpc) is 3.04. The van der Waals surface area contributed by atoms with E-state index in [1.807, 2.05) is 24.3 Å². The zero-order valence-corrected chi connectivity index (χ0v) is 10.1. The minimum atomic E-state index is -0.581. The fourth-order valence-electron chi connectivity index (χ4n) is 2.07. The van der Waals surface area contributed by atoms with Crippen molar-refractivity contribution in [1.29, 1.82) is 0 Å². The highest BCUT2D eigenvalue weighted by atomic mass is 16.5. The summed E-state index contributed by atoms with van der Waals surface area (Å²) < 4.78 is 11.0. The molecule has 0 aromatic heterocycles. The molecule has 0 radical (unpaired) electrons. The van der Waals surface area contributed by atoms with Gasteiger partial charge in [-0.1, -0.05) is 19.1 Å². The molecule has 1 saturated heterocycles. The maximum absolute atomic E-state index is 10.0. The van der Waals surface area contributed by atoms with Crippen molar-refractivity contribution in [2.24, 2.45) is 5.41 Å². The van der Waals surface area contributed by atoms with E-state index in [4.69, 9.17) is 9.47 Å². The summed E-state index contributed by atoms with van der Waals surface area (Å²) in [4.78, 5) is 0. The van der Waals surface area contributed by atoms with Gasteiger partial charge in [0.15, 0.2) is 0 Å². The van der Waals surface area contributed by atoms with E-state index in [-0.39, 0.29) is 5.41 Å². The van der Waals surface area contributed by atoms with Crippen LogP contribution in [0.25, 0.3) is 0 Å². The molecule has 1 aromatic rings. The predicted molar refractivity (Wildman–Crippen MR) is 64.0 cm³/mol. The van der Waals surface area contributed by atoms with Gasteiger partial charge < -0.3 is 14.6 Å². The Morgan fingerprint density at radius 2 is 2.12 bits per heavy atom. The highest BCUT2D eigenvalue weighted by Crippen LogP contribution is 2.45. The summed E-state index contributed by atoms with van der Waals surface area (Å²) in [6.45, 7) is 4.39. The fraction of sp³-hybridized carbons (Fsp3) is 0.571. The van der Waals surface area contributed by atoms with Gasteiger partial charge in [-0.25, -0.2) is 0 Å². The van der Waals surface area contributed by atoms with Crippen LogP contribution in [0.4, 0.5) is 0 Å². The lowest BCUT2D eigenvalue weighted by molar-refractivity contribution is -0.120. The van der Waals surface area contributed by atoms with E-state index in [1.54, 1.807) is 0 Å². The molecule has 0 unspecified atom stereocenters. The van der Waals surface area contributed by atoms with Gasteiger partial charge in [0, 0.05) is 5.41 Å². The monoisotopic (exact) mass is 234 g/mol. The van der Waals surface area contributed by atoms with E-state index >= 15 is 0 Å². The molecule has 0 atom stereocenters. The summed E-state index contributed by atoms with van der Waals surface area (Å²) in [6, 6.07) is 7.81. The molecule has 17 heavy (non-hydrogen) atoms. The zero-order chi connectivity index (χ0) is 11.9. The van der Waals surface area contributed by atoms with Crippen molar-refractivity contribution in [3.63, 3.8) is 0 Å². The van der Waals surface area contributed by atoms with Crippen LogP contribution in [0.1, 0.15) is 25.3 Å². The van der Waals surface area contributed by atoms with Crippen molar-refractivity contribution in [2.45, 2.75) is 25.4 Å². The molecule has 2 aliphatic rings. The van der Waals surface area contributed by atoms with Crippen LogP contribution in [0, 0.1) is 5.41 Å². The number of ether oxygens (including phenoxy) is 2. The Morgan fingerprint density at radius 3 is 2.71 bits per heavy atom. The number of hydrogen-bond acceptors (Lipinski definition) is 3. The van der Waals surface area contributed by atoms with Crippen LogP contribution >= 0.6 is 0 Å². The molecule has 2 fully saturated rings. The second-order valence-electron chi connectivity index (χ2n) is 5.65. The Balaban J connectivity index is 1.66. The number of benzene rings is 1. The van der Waals surface area contributed by atoms with Gasteiger partial charge in [0.1, 0.15) is 5.75 Å². The van der Waals surface area contributed by atoms with Gasteiger partial charge in [0.2, 0.25) is 0 Å². The summed E-state index contributed by atoms with van der Waals surface area (Å²) in [7, 11) is 0. The molecule has 3 nitrogen and oxygen atoms in total. The highest BCUT2D eigenvalue weighted by Gasteiger charge is 2.42. The van der Waals surface area contributed by atoms with Gasteiger partial charge in [0.05, 0.1) is 25.4 Å². The Bertz CT molecular complexity index is 419. The van der Waals surface area contributed by atoms with E-state index in [9.17, 15) is 5.11 Å². The van der Waals surface area contributed by atoms with Crippen LogP contribution in [-0.2, 0) is 10.3 Å². The van der Waals surface area contributed by atoms with Gasteiger partial charge in [-0.15, -0.1) is 0 Å². The molecular formula is C14H18O3. The van der Waals surface area contributed by atoms with Crippen molar-refractivity contribution in [3.8, 4) is 5.75 Å². The lowest BCUT2D eigenvalue weighted by atomic mass is 9.90. The van der Waals surface area contributed by atoms with Crippen molar-refractivity contribution in [1.82, 2.24) is 0 Å². The summed E-state index contributed by atoms with van der Waals surface area (Å²) in [6.07, 6.45) is 1.73. The summed E-state index contributed by atoms with van der Waals surface area (Å²) >= 11 is 0. The molecule has 1 N–H and O–H groups in total. The molecule has 1 saturated carbocycles. The van der Waals surface area contributed by atoms with Crippen LogP contribution in [0.15, 0.2) is 24.3 Å². The van der Waals surface area contributed by atoms with Gasteiger partial charge in [-0.2, -0.15) is 0 Å². The van der Waals surface area contributed by atoms with Gasteiger partial charge in [-0.05, 0) is 30.5 Å². The molecule has 0 amide bonds. The van der Waals surface area contributed by atoms with Gasteiger partial charge >= 0.3 is 0 Å². The molecule has 1 aromatic carbocycles. The summed E-state index contributed by atoms with van der Waals surface area (Å²) in [5.74, 6) is 0.843.